The van der Waals surface area contributed by atoms with E-state index in [1.165, 1.54) is 6.92 Å². The molecule has 0 aliphatic rings. The van der Waals surface area contributed by atoms with E-state index in [0.29, 0.717) is 0 Å². The molecule has 14 heavy (non-hydrogen) atoms. The van der Waals surface area contributed by atoms with Crippen molar-refractivity contribution in [3.05, 3.63) is 0 Å². The van der Waals surface area contributed by atoms with Gasteiger partial charge in [-0.1, -0.05) is 6.92 Å². The number of hydrogen-bond acceptors (Lipinski definition) is 3. The summed E-state index contributed by atoms with van der Waals surface area (Å²) in [5.74, 6) is -1.03. The highest BCUT2D eigenvalue weighted by molar-refractivity contribution is 5.76. The maximum Gasteiger partial charge on any atom is 0.422 e. The van der Waals surface area contributed by atoms with Crippen LogP contribution in [0, 0.1) is 5.41 Å². The fraction of sp³-hybridized carbons (Fsp3) is 0.875. The third-order valence-electron chi connectivity index (χ3n) is 1.99. The average molecular weight is 214 g/mol. The summed E-state index contributed by atoms with van der Waals surface area (Å²) in [4.78, 5) is 11.1. The summed E-state index contributed by atoms with van der Waals surface area (Å²) in [6.07, 6.45) is -4.31. The van der Waals surface area contributed by atoms with Crippen LogP contribution in [0.15, 0.2) is 0 Å². The molecule has 0 radical (unpaired) electrons. The van der Waals surface area contributed by atoms with Crippen LogP contribution in [0.25, 0.3) is 0 Å². The van der Waals surface area contributed by atoms with Crippen LogP contribution in [0.5, 0.6) is 0 Å². The molecular weight excluding hydrogens is 201 g/mol. The largest absolute Gasteiger partial charge is 0.456 e. The van der Waals surface area contributed by atoms with Gasteiger partial charge in [-0.15, -0.1) is 0 Å². The van der Waals surface area contributed by atoms with Gasteiger partial charge in [-0.25, -0.2) is 0 Å². The van der Waals surface area contributed by atoms with E-state index >= 15 is 0 Å². The molecule has 6 heteroatoms. The third kappa shape index (κ3) is 3.95. The van der Waals surface area contributed by atoms with Crippen molar-refractivity contribution in [2.24, 2.45) is 5.41 Å². The van der Waals surface area contributed by atoms with Gasteiger partial charge in [0.05, 0.1) is 12.0 Å². The summed E-state index contributed by atoms with van der Waals surface area (Å²) >= 11 is 0. The minimum atomic E-state index is -4.53. The van der Waals surface area contributed by atoms with Crippen molar-refractivity contribution in [1.29, 1.82) is 0 Å². The van der Waals surface area contributed by atoms with Gasteiger partial charge in [-0.05, 0) is 13.3 Å². The third-order valence-corrected chi connectivity index (χ3v) is 1.99. The molecule has 3 nitrogen and oxygen atoms in total. The number of rotatable bonds is 4. The van der Waals surface area contributed by atoms with Gasteiger partial charge in [0, 0.05) is 0 Å². The molecule has 0 rings (SSSR count). The van der Waals surface area contributed by atoms with Crippen LogP contribution in [0.2, 0.25) is 0 Å². The minimum absolute atomic E-state index is 0.222. The highest BCUT2D eigenvalue weighted by Crippen LogP contribution is 2.23. The van der Waals surface area contributed by atoms with Crippen molar-refractivity contribution in [2.75, 3.05) is 13.2 Å². The first-order valence-electron chi connectivity index (χ1n) is 4.10. The Bertz CT molecular complexity index is 196. The van der Waals surface area contributed by atoms with E-state index in [-0.39, 0.29) is 6.42 Å². The average Bonchev–Trinajstić information content (AvgIpc) is 2.11. The molecule has 0 spiro atoms. The molecular formula is C8H13F3O3. The maximum atomic E-state index is 11.7. The van der Waals surface area contributed by atoms with Crippen molar-refractivity contribution in [3.8, 4) is 0 Å². The van der Waals surface area contributed by atoms with E-state index in [1.807, 2.05) is 0 Å². The molecule has 0 aromatic rings. The highest BCUT2D eigenvalue weighted by Gasteiger charge is 2.36. The number of aliphatic hydroxyl groups is 1. The predicted octanol–water partition coefficient (Wildman–Crippen LogP) is 1.50. The summed E-state index contributed by atoms with van der Waals surface area (Å²) in [5.41, 5.74) is -1.24. The number of aliphatic hydroxyl groups excluding tert-OH is 1. The molecule has 1 atom stereocenters. The number of halogens is 3. The summed E-state index contributed by atoms with van der Waals surface area (Å²) in [5, 5.41) is 8.80. The number of carbonyl (C=O) groups excluding carboxylic acids is 1. The zero-order valence-electron chi connectivity index (χ0n) is 8.02. The first-order chi connectivity index (χ1) is 6.25. The van der Waals surface area contributed by atoms with Crippen LogP contribution < -0.4 is 0 Å². The molecule has 1 N–H and O–H groups in total. The zero-order valence-corrected chi connectivity index (χ0v) is 8.02. The van der Waals surface area contributed by atoms with Gasteiger partial charge < -0.3 is 9.84 Å². The monoisotopic (exact) mass is 214 g/mol. The number of ether oxygens (including phenoxy) is 1. The lowest BCUT2D eigenvalue weighted by molar-refractivity contribution is -0.194. The van der Waals surface area contributed by atoms with Gasteiger partial charge in [0.1, 0.15) is 0 Å². The van der Waals surface area contributed by atoms with Crippen molar-refractivity contribution in [1.82, 2.24) is 0 Å². The topological polar surface area (TPSA) is 46.5 Å². The highest BCUT2D eigenvalue weighted by atomic mass is 19.4. The lowest BCUT2D eigenvalue weighted by atomic mass is 9.89. The van der Waals surface area contributed by atoms with Gasteiger partial charge in [0.2, 0.25) is 0 Å². The predicted molar refractivity (Wildman–Crippen MR) is 42.5 cm³/mol. The molecule has 0 aromatic heterocycles. The molecule has 0 saturated heterocycles. The van der Waals surface area contributed by atoms with Gasteiger partial charge in [-0.2, -0.15) is 13.2 Å². The first-order valence-corrected chi connectivity index (χ1v) is 4.10. The number of alkyl halides is 3. The summed E-state index contributed by atoms with van der Waals surface area (Å²) in [7, 11) is 0. The smallest absolute Gasteiger partial charge is 0.422 e. The van der Waals surface area contributed by atoms with Crippen molar-refractivity contribution >= 4 is 5.97 Å². The molecule has 0 heterocycles. The number of hydrogen-bond donors (Lipinski definition) is 1. The molecule has 0 bridgehead atoms. The SMILES string of the molecule is CCC(C)(CO)C(=O)OCC(F)(F)F. The van der Waals surface area contributed by atoms with Crippen molar-refractivity contribution in [3.63, 3.8) is 0 Å². The Balaban J connectivity index is 4.20. The van der Waals surface area contributed by atoms with E-state index in [1.54, 1.807) is 6.92 Å². The van der Waals surface area contributed by atoms with E-state index < -0.39 is 30.8 Å². The van der Waals surface area contributed by atoms with E-state index in [2.05, 4.69) is 4.74 Å². The second-order valence-electron chi connectivity index (χ2n) is 3.26. The second kappa shape index (κ2) is 4.63. The Morgan fingerprint density at radius 2 is 1.93 bits per heavy atom. The van der Waals surface area contributed by atoms with Crippen LogP contribution in [0.3, 0.4) is 0 Å². The Labute approximate surface area is 79.9 Å². The van der Waals surface area contributed by atoms with E-state index in [9.17, 15) is 18.0 Å². The Hall–Kier alpha value is -0.780. The molecule has 0 amide bonds. The minimum Gasteiger partial charge on any atom is -0.456 e. The molecule has 84 valence electrons. The summed E-state index contributed by atoms with van der Waals surface area (Å²) < 4.78 is 39.0. The zero-order chi connectivity index (χ0) is 11.4. The van der Waals surface area contributed by atoms with Gasteiger partial charge >= 0.3 is 12.1 Å². The Morgan fingerprint density at radius 1 is 1.43 bits per heavy atom. The quantitative estimate of drug-likeness (QED) is 0.721. The molecule has 0 saturated carbocycles. The fourth-order valence-corrected chi connectivity index (χ4v) is 0.642. The molecule has 0 aromatic carbocycles. The molecule has 0 aliphatic heterocycles. The molecule has 0 fully saturated rings. The second-order valence-corrected chi connectivity index (χ2v) is 3.26. The fourth-order valence-electron chi connectivity index (χ4n) is 0.642. The van der Waals surface area contributed by atoms with Crippen LogP contribution >= 0.6 is 0 Å². The number of carbonyl (C=O) groups is 1. The van der Waals surface area contributed by atoms with Crippen molar-refractivity contribution in [2.45, 2.75) is 26.4 Å². The van der Waals surface area contributed by atoms with Gasteiger partial charge in [0.15, 0.2) is 6.61 Å². The molecule has 1 unspecified atom stereocenters. The first kappa shape index (κ1) is 13.2. The van der Waals surface area contributed by atoms with Gasteiger partial charge in [0.25, 0.3) is 0 Å². The Kier molecular flexibility index (Phi) is 4.38. The lowest BCUT2D eigenvalue weighted by Crippen LogP contribution is -2.35. The standard InChI is InChI=1S/C8H13F3O3/c1-3-7(2,4-12)6(13)14-5-8(9,10)11/h12H,3-5H2,1-2H3. The maximum absolute atomic E-state index is 11.7. The van der Waals surface area contributed by atoms with Crippen LogP contribution in [0.1, 0.15) is 20.3 Å². The van der Waals surface area contributed by atoms with Crippen LogP contribution in [-0.2, 0) is 9.53 Å². The summed E-state index contributed by atoms with van der Waals surface area (Å²) in [6, 6.07) is 0. The van der Waals surface area contributed by atoms with Gasteiger partial charge in [-0.3, -0.25) is 4.79 Å². The molecule has 0 aliphatic carbocycles. The number of esters is 1. The van der Waals surface area contributed by atoms with E-state index in [4.69, 9.17) is 5.11 Å². The summed E-state index contributed by atoms with van der Waals surface area (Å²) in [6.45, 7) is 0.804. The normalized spacial score (nSPS) is 16.1. The van der Waals surface area contributed by atoms with Crippen LogP contribution in [0.4, 0.5) is 13.2 Å². The van der Waals surface area contributed by atoms with E-state index in [0.717, 1.165) is 0 Å². The Morgan fingerprint density at radius 3 is 2.21 bits per heavy atom. The van der Waals surface area contributed by atoms with Crippen LogP contribution in [-0.4, -0.2) is 30.5 Å². The van der Waals surface area contributed by atoms with Crippen molar-refractivity contribution < 1.29 is 27.8 Å². The lowest BCUT2D eigenvalue weighted by Gasteiger charge is -2.23.